The maximum atomic E-state index is 12.6. The Kier molecular flexibility index (Phi) is 4.66. The van der Waals surface area contributed by atoms with Gasteiger partial charge in [0.25, 0.3) is 0 Å². The quantitative estimate of drug-likeness (QED) is 0.675. The highest BCUT2D eigenvalue weighted by Gasteiger charge is 2.62. The molecule has 0 aromatic carbocycles. The second-order valence-electron chi connectivity index (χ2n) is 6.49. The first-order valence-electron chi connectivity index (χ1n) is 7.81. The summed E-state index contributed by atoms with van der Waals surface area (Å²) in [5.74, 6) is -0.466. The van der Waals surface area contributed by atoms with Crippen LogP contribution in [0.15, 0.2) is 12.3 Å². The number of phosphoric ester groups is 1. The minimum atomic E-state index is -3.82. The van der Waals surface area contributed by atoms with Crippen molar-refractivity contribution in [2.24, 2.45) is 5.41 Å². The molecular weight excluding hydrogens is 353 g/mol. The molecule has 0 radical (unpaired) electrons. The number of nitrogens with one attached hydrogen (secondary N) is 1. The van der Waals surface area contributed by atoms with E-state index >= 15 is 0 Å². The van der Waals surface area contributed by atoms with Crippen molar-refractivity contribution < 1.29 is 32.8 Å². The summed E-state index contributed by atoms with van der Waals surface area (Å²) in [6, 6.07) is 2.13. The van der Waals surface area contributed by atoms with Crippen LogP contribution in [0.25, 0.3) is 0 Å². The molecule has 2 N–H and O–H groups in total. The predicted octanol–water partition coefficient (Wildman–Crippen LogP) is 0.411. The second-order valence-corrected chi connectivity index (χ2v) is 8.06. The highest BCUT2D eigenvalue weighted by Crippen LogP contribution is 2.60. The average Bonchev–Trinajstić information content (AvgIpc) is 2.79. The summed E-state index contributed by atoms with van der Waals surface area (Å²) < 4.78 is 34.4. The van der Waals surface area contributed by atoms with Gasteiger partial charge in [-0.3, -0.25) is 18.4 Å². The number of nitriles is 1. The first-order valence-corrected chi connectivity index (χ1v) is 9.27. The fourth-order valence-corrected chi connectivity index (χ4v) is 4.70. The summed E-state index contributed by atoms with van der Waals surface area (Å²) in [4.78, 5) is 12.6. The number of carbonyl (C=O) groups excluding carboxylic acids is 1. The van der Waals surface area contributed by atoms with Crippen molar-refractivity contribution >= 4 is 13.7 Å². The van der Waals surface area contributed by atoms with Crippen LogP contribution in [-0.2, 0) is 27.7 Å². The fourth-order valence-electron chi connectivity index (χ4n) is 3.05. The van der Waals surface area contributed by atoms with Gasteiger partial charge in [0.1, 0.15) is 17.6 Å². The molecule has 3 rings (SSSR count). The van der Waals surface area contributed by atoms with Crippen LogP contribution >= 0.6 is 7.82 Å². The number of ether oxygens (including phenoxy) is 1. The zero-order chi connectivity index (χ0) is 18.4. The van der Waals surface area contributed by atoms with Crippen LogP contribution < -0.4 is 5.32 Å². The Balaban J connectivity index is 1.88. The third-order valence-electron chi connectivity index (χ3n) is 4.19. The van der Waals surface area contributed by atoms with Gasteiger partial charge in [0.15, 0.2) is 6.23 Å². The van der Waals surface area contributed by atoms with Crippen LogP contribution in [0.4, 0.5) is 0 Å². The number of rotatable bonds is 3. The number of amides is 1. The number of nitrogens with zero attached hydrogens (tertiary/aromatic N) is 2. The Bertz CT molecular complexity index is 678. The van der Waals surface area contributed by atoms with Gasteiger partial charge in [-0.1, -0.05) is 0 Å². The van der Waals surface area contributed by atoms with E-state index in [0.717, 1.165) is 0 Å². The summed E-state index contributed by atoms with van der Waals surface area (Å²) in [6.45, 7) is 4.87. The molecule has 2 saturated heterocycles. The first-order chi connectivity index (χ1) is 11.7. The molecule has 11 heteroatoms. The maximum absolute atomic E-state index is 12.6. The zero-order valence-electron chi connectivity index (χ0n) is 14.0. The number of phosphoric acid groups is 1. The standard InChI is InChI=1S/C14H20N3O7P/c1-8(2)23-25(20)21-6-9-11(24-25)14(3,7-15)12(22-9)17-5-4-10(18)16-13(17)19/h4-5,8-9,11-13,19H,6H2,1-3H3,(H,16,18). The molecule has 6 unspecified atom stereocenters. The summed E-state index contributed by atoms with van der Waals surface area (Å²) in [7, 11) is -3.82. The summed E-state index contributed by atoms with van der Waals surface area (Å²) in [5.41, 5.74) is -1.29. The van der Waals surface area contributed by atoms with Crippen LogP contribution in [0.2, 0.25) is 0 Å². The molecule has 2 fully saturated rings. The number of aliphatic hydroxyl groups is 1. The maximum Gasteiger partial charge on any atom is 0.475 e. The van der Waals surface area contributed by atoms with Gasteiger partial charge in [0.2, 0.25) is 12.3 Å². The van der Waals surface area contributed by atoms with E-state index in [9.17, 15) is 19.7 Å². The van der Waals surface area contributed by atoms with Crippen molar-refractivity contribution in [3.05, 3.63) is 12.3 Å². The van der Waals surface area contributed by atoms with Crippen molar-refractivity contribution in [3.63, 3.8) is 0 Å². The highest BCUT2D eigenvalue weighted by molar-refractivity contribution is 7.48. The van der Waals surface area contributed by atoms with Gasteiger partial charge in [-0.05, 0) is 20.8 Å². The second kappa shape index (κ2) is 6.36. The Morgan fingerprint density at radius 3 is 2.92 bits per heavy atom. The number of hydrogen-bond donors (Lipinski definition) is 2. The third kappa shape index (κ3) is 3.19. The molecule has 0 aromatic rings. The van der Waals surface area contributed by atoms with Gasteiger partial charge >= 0.3 is 7.82 Å². The van der Waals surface area contributed by atoms with E-state index in [1.807, 2.05) is 0 Å². The number of hydrogen-bond acceptors (Lipinski definition) is 9. The lowest BCUT2D eigenvalue weighted by Crippen LogP contribution is -2.56. The molecule has 10 nitrogen and oxygen atoms in total. The van der Waals surface area contributed by atoms with Crippen molar-refractivity contribution in [3.8, 4) is 6.07 Å². The summed E-state index contributed by atoms with van der Waals surface area (Å²) in [6.07, 6.45) is -1.73. The molecule has 0 saturated carbocycles. The van der Waals surface area contributed by atoms with Crippen LogP contribution in [0.3, 0.4) is 0 Å². The molecule has 0 spiro atoms. The smallest absolute Gasteiger partial charge is 0.356 e. The summed E-state index contributed by atoms with van der Waals surface area (Å²) >= 11 is 0. The number of carbonyl (C=O) groups is 1. The minimum absolute atomic E-state index is 0.0809. The Morgan fingerprint density at radius 2 is 2.32 bits per heavy atom. The molecule has 0 bridgehead atoms. The minimum Gasteiger partial charge on any atom is -0.356 e. The van der Waals surface area contributed by atoms with E-state index in [4.69, 9.17) is 18.3 Å². The molecule has 3 aliphatic heterocycles. The third-order valence-corrected chi connectivity index (χ3v) is 5.82. The molecule has 0 aromatic heterocycles. The highest BCUT2D eigenvalue weighted by atomic mass is 31.2. The predicted molar refractivity (Wildman–Crippen MR) is 82.2 cm³/mol. The Hall–Kier alpha value is -1.47. The van der Waals surface area contributed by atoms with E-state index in [2.05, 4.69) is 11.4 Å². The van der Waals surface area contributed by atoms with Crippen LogP contribution in [0.1, 0.15) is 20.8 Å². The monoisotopic (exact) mass is 373 g/mol. The molecule has 1 amide bonds. The van der Waals surface area contributed by atoms with Crippen molar-refractivity contribution in [1.29, 1.82) is 5.26 Å². The normalized spacial score (nSPS) is 43.7. The van der Waals surface area contributed by atoms with Crippen molar-refractivity contribution in [1.82, 2.24) is 10.2 Å². The lowest BCUT2D eigenvalue weighted by molar-refractivity contribution is -0.150. The molecule has 6 atom stereocenters. The molecule has 25 heavy (non-hydrogen) atoms. The first kappa shape index (κ1) is 18.3. The molecule has 3 heterocycles. The van der Waals surface area contributed by atoms with Crippen LogP contribution in [-0.4, -0.2) is 53.4 Å². The summed E-state index contributed by atoms with van der Waals surface area (Å²) in [5, 5.41) is 22.1. The van der Waals surface area contributed by atoms with E-state index in [0.29, 0.717) is 0 Å². The number of aliphatic hydroxyl groups excluding tert-OH is 1. The van der Waals surface area contributed by atoms with Crippen LogP contribution in [0.5, 0.6) is 0 Å². The molecule has 0 aliphatic carbocycles. The van der Waals surface area contributed by atoms with E-state index < -0.39 is 50.0 Å². The van der Waals surface area contributed by atoms with Gasteiger partial charge in [0, 0.05) is 12.3 Å². The van der Waals surface area contributed by atoms with E-state index in [1.165, 1.54) is 17.2 Å². The van der Waals surface area contributed by atoms with E-state index in [1.54, 1.807) is 20.8 Å². The zero-order valence-corrected chi connectivity index (χ0v) is 14.9. The van der Waals surface area contributed by atoms with E-state index in [-0.39, 0.29) is 6.61 Å². The average molecular weight is 373 g/mol. The van der Waals surface area contributed by atoms with Gasteiger partial charge in [-0.15, -0.1) is 0 Å². The fraction of sp³-hybridized carbons (Fsp3) is 0.714. The lowest BCUT2D eigenvalue weighted by atomic mass is 9.83. The lowest BCUT2D eigenvalue weighted by Gasteiger charge is -2.39. The molecule has 3 aliphatic rings. The van der Waals surface area contributed by atoms with Crippen molar-refractivity contribution in [2.75, 3.05) is 6.61 Å². The molecule has 138 valence electrons. The Labute approximate surface area is 144 Å². The SMILES string of the molecule is CC(C)OP1(=O)OCC2OC(N3C=CC(=O)NC3O)C(C)(C#N)C2O1. The number of fused-ring (bicyclic) bond motifs is 1. The van der Waals surface area contributed by atoms with Crippen LogP contribution in [0, 0.1) is 16.7 Å². The van der Waals surface area contributed by atoms with Gasteiger partial charge < -0.3 is 20.1 Å². The topological polar surface area (TPSA) is 130 Å². The Morgan fingerprint density at radius 1 is 1.60 bits per heavy atom. The van der Waals surface area contributed by atoms with Gasteiger partial charge in [-0.2, -0.15) is 5.26 Å². The van der Waals surface area contributed by atoms with Gasteiger partial charge in [-0.25, -0.2) is 4.57 Å². The largest absolute Gasteiger partial charge is 0.475 e. The molecular formula is C14H20N3O7P. The van der Waals surface area contributed by atoms with Gasteiger partial charge in [0.05, 0.1) is 18.8 Å². The van der Waals surface area contributed by atoms with Crippen molar-refractivity contribution in [2.45, 2.75) is 51.7 Å².